The molecule has 1 aliphatic rings. The van der Waals surface area contributed by atoms with Gasteiger partial charge in [0.1, 0.15) is 0 Å². The van der Waals surface area contributed by atoms with Crippen molar-refractivity contribution in [1.29, 1.82) is 0 Å². The van der Waals surface area contributed by atoms with E-state index in [-0.39, 0.29) is 42.6 Å². The molecular weight excluding hydrogens is 372 g/mol. The summed E-state index contributed by atoms with van der Waals surface area (Å²) in [5.41, 5.74) is 6.72. The fourth-order valence-electron chi connectivity index (χ4n) is 2.47. The van der Waals surface area contributed by atoms with Crippen molar-refractivity contribution < 1.29 is 19.1 Å². The minimum Gasteiger partial charge on any atom is -0.378 e. The lowest BCUT2D eigenvalue weighted by Gasteiger charge is -2.27. The standard InChI is InChI=1S/C18H26N4O4.ClH/c1-12(2)16(19)17(24)20-11-15(23)21-14-5-3-4-13(10-14)18(25)22-6-8-26-9-7-22;/h3-5,10,12,16H,6-9,11,19H2,1-2H3,(H,20,24)(H,21,23);1H/t16-;/m0./s1. The number of carbonyl (C=O) groups is 3. The van der Waals surface area contributed by atoms with Crippen LogP contribution in [0.25, 0.3) is 0 Å². The number of ether oxygens (including phenoxy) is 1. The highest BCUT2D eigenvalue weighted by Gasteiger charge is 2.19. The normalized spacial score (nSPS) is 14.9. The van der Waals surface area contributed by atoms with Crippen molar-refractivity contribution in [2.75, 3.05) is 38.2 Å². The van der Waals surface area contributed by atoms with Crippen molar-refractivity contribution >= 4 is 35.8 Å². The van der Waals surface area contributed by atoms with E-state index in [9.17, 15) is 14.4 Å². The van der Waals surface area contributed by atoms with Crippen LogP contribution in [0.4, 0.5) is 5.69 Å². The van der Waals surface area contributed by atoms with Gasteiger partial charge in [0, 0.05) is 24.3 Å². The van der Waals surface area contributed by atoms with Crippen molar-refractivity contribution in [3.05, 3.63) is 29.8 Å². The average Bonchev–Trinajstić information content (AvgIpc) is 2.65. The maximum absolute atomic E-state index is 12.5. The fraction of sp³-hybridized carbons (Fsp3) is 0.500. The van der Waals surface area contributed by atoms with E-state index in [0.29, 0.717) is 37.6 Å². The predicted molar refractivity (Wildman–Crippen MR) is 105 cm³/mol. The second-order valence-electron chi connectivity index (χ2n) is 6.52. The summed E-state index contributed by atoms with van der Waals surface area (Å²) in [5, 5.41) is 5.18. The van der Waals surface area contributed by atoms with Gasteiger partial charge >= 0.3 is 0 Å². The van der Waals surface area contributed by atoms with Crippen LogP contribution < -0.4 is 16.4 Å². The van der Waals surface area contributed by atoms with Gasteiger partial charge in [0.15, 0.2) is 0 Å². The molecule has 0 radical (unpaired) electrons. The summed E-state index contributed by atoms with van der Waals surface area (Å²) < 4.78 is 5.25. The number of nitrogens with two attached hydrogens (primary N) is 1. The molecule has 1 aliphatic heterocycles. The summed E-state index contributed by atoms with van der Waals surface area (Å²) in [4.78, 5) is 38.0. The lowest BCUT2D eigenvalue weighted by molar-refractivity contribution is -0.125. The first kappa shape index (κ1) is 22.9. The Balaban J connectivity index is 0.00000364. The Bertz CT molecular complexity index is 663. The van der Waals surface area contributed by atoms with E-state index in [1.54, 1.807) is 29.2 Å². The molecule has 2 rings (SSSR count). The number of halogens is 1. The minimum absolute atomic E-state index is 0. The largest absolute Gasteiger partial charge is 0.378 e. The number of benzene rings is 1. The van der Waals surface area contributed by atoms with Crippen molar-refractivity contribution in [2.45, 2.75) is 19.9 Å². The maximum Gasteiger partial charge on any atom is 0.254 e. The topological polar surface area (TPSA) is 114 Å². The molecule has 150 valence electrons. The summed E-state index contributed by atoms with van der Waals surface area (Å²) in [7, 11) is 0. The van der Waals surface area contributed by atoms with Crippen molar-refractivity contribution in [2.24, 2.45) is 11.7 Å². The van der Waals surface area contributed by atoms with Crippen molar-refractivity contribution in [3.63, 3.8) is 0 Å². The van der Waals surface area contributed by atoms with Gasteiger partial charge in [-0.3, -0.25) is 14.4 Å². The third-order valence-corrected chi connectivity index (χ3v) is 4.14. The molecule has 27 heavy (non-hydrogen) atoms. The average molecular weight is 399 g/mol. The Morgan fingerprint density at radius 1 is 1.22 bits per heavy atom. The molecule has 9 heteroatoms. The summed E-state index contributed by atoms with van der Waals surface area (Å²) in [6.45, 7) is 5.65. The van der Waals surface area contributed by atoms with E-state index in [1.165, 1.54) is 0 Å². The predicted octanol–water partition coefficient (Wildman–Crippen LogP) is 0.619. The molecule has 0 spiro atoms. The van der Waals surface area contributed by atoms with E-state index >= 15 is 0 Å². The highest BCUT2D eigenvalue weighted by Crippen LogP contribution is 2.13. The van der Waals surface area contributed by atoms with Crippen molar-refractivity contribution in [1.82, 2.24) is 10.2 Å². The molecule has 0 bridgehead atoms. The molecule has 1 heterocycles. The Morgan fingerprint density at radius 3 is 2.52 bits per heavy atom. The fourth-order valence-corrected chi connectivity index (χ4v) is 2.47. The van der Waals surface area contributed by atoms with E-state index < -0.39 is 6.04 Å². The number of hydrogen-bond donors (Lipinski definition) is 3. The highest BCUT2D eigenvalue weighted by molar-refractivity contribution is 5.98. The zero-order valence-corrected chi connectivity index (χ0v) is 16.4. The summed E-state index contributed by atoms with van der Waals surface area (Å²) in [5.74, 6) is -0.863. The zero-order chi connectivity index (χ0) is 19.1. The van der Waals surface area contributed by atoms with Crippen LogP contribution >= 0.6 is 12.4 Å². The third-order valence-electron chi connectivity index (χ3n) is 4.14. The van der Waals surface area contributed by atoms with Gasteiger partial charge in [-0.05, 0) is 24.1 Å². The Labute approximate surface area is 165 Å². The number of amides is 3. The minimum atomic E-state index is -0.655. The van der Waals surface area contributed by atoms with Crippen LogP contribution in [0.5, 0.6) is 0 Å². The van der Waals surface area contributed by atoms with Gasteiger partial charge in [-0.25, -0.2) is 0 Å². The smallest absolute Gasteiger partial charge is 0.254 e. The molecular formula is C18H27ClN4O4. The first-order chi connectivity index (χ1) is 12.4. The number of rotatable bonds is 6. The van der Waals surface area contributed by atoms with Gasteiger partial charge in [-0.15, -0.1) is 12.4 Å². The van der Waals surface area contributed by atoms with Gasteiger partial charge in [0.05, 0.1) is 25.8 Å². The quantitative estimate of drug-likeness (QED) is 0.650. The molecule has 0 aliphatic carbocycles. The zero-order valence-electron chi connectivity index (χ0n) is 15.6. The molecule has 1 aromatic rings. The Kier molecular flexibility index (Phi) is 9.20. The maximum atomic E-state index is 12.5. The molecule has 1 fully saturated rings. The van der Waals surface area contributed by atoms with Crippen molar-refractivity contribution in [3.8, 4) is 0 Å². The molecule has 1 saturated heterocycles. The van der Waals surface area contributed by atoms with Crippen LogP contribution in [0.15, 0.2) is 24.3 Å². The van der Waals surface area contributed by atoms with Crippen LogP contribution in [-0.2, 0) is 14.3 Å². The molecule has 0 unspecified atom stereocenters. The van der Waals surface area contributed by atoms with Gasteiger partial charge in [-0.1, -0.05) is 19.9 Å². The molecule has 1 atom stereocenters. The first-order valence-electron chi connectivity index (χ1n) is 8.68. The summed E-state index contributed by atoms with van der Waals surface area (Å²) >= 11 is 0. The van der Waals surface area contributed by atoms with Gasteiger partial charge in [0.2, 0.25) is 11.8 Å². The highest BCUT2D eigenvalue weighted by atomic mass is 35.5. The number of anilines is 1. The monoisotopic (exact) mass is 398 g/mol. The lowest BCUT2D eigenvalue weighted by atomic mass is 10.1. The van der Waals surface area contributed by atoms with E-state index in [4.69, 9.17) is 10.5 Å². The molecule has 0 saturated carbocycles. The summed E-state index contributed by atoms with van der Waals surface area (Å²) in [6, 6.07) is 6.07. The van der Waals surface area contributed by atoms with Gasteiger partial charge in [0.25, 0.3) is 5.91 Å². The summed E-state index contributed by atoms with van der Waals surface area (Å²) in [6.07, 6.45) is 0. The van der Waals surface area contributed by atoms with Gasteiger partial charge < -0.3 is 26.0 Å². The van der Waals surface area contributed by atoms with Crippen LogP contribution in [-0.4, -0.2) is 61.5 Å². The molecule has 8 nitrogen and oxygen atoms in total. The number of carbonyl (C=O) groups excluding carboxylic acids is 3. The SMILES string of the molecule is CC(C)[C@H](N)C(=O)NCC(=O)Nc1cccc(C(=O)N2CCOCC2)c1.Cl. The Hall–Kier alpha value is -2.16. The lowest BCUT2D eigenvalue weighted by Crippen LogP contribution is -2.46. The number of nitrogens with zero attached hydrogens (tertiary/aromatic N) is 1. The van der Waals surface area contributed by atoms with E-state index in [0.717, 1.165) is 0 Å². The van der Waals surface area contributed by atoms with Gasteiger partial charge in [-0.2, -0.15) is 0 Å². The van der Waals surface area contributed by atoms with Crippen LogP contribution in [0.3, 0.4) is 0 Å². The number of nitrogens with one attached hydrogen (secondary N) is 2. The van der Waals surface area contributed by atoms with Crippen LogP contribution in [0, 0.1) is 5.92 Å². The second-order valence-corrected chi connectivity index (χ2v) is 6.52. The van der Waals surface area contributed by atoms with E-state index in [2.05, 4.69) is 10.6 Å². The van der Waals surface area contributed by atoms with E-state index in [1.807, 2.05) is 13.8 Å². The van der Waals surface area contributed by atoms with Crippen LogP contribution in [0.2, 0.25) is 0 Å². The molecule has 1 aromatic carbocycles. The Morgan fingerprint density at radius 2 is 1.89 bits per heavy atom. The third kappa shape index (κ3) is 6.82. The molecule has 3 amide bonds. The van der Waals surface area contributed by atoms with Crippen LogP contribution in [0.1, 0.15) is 24.2 Å². The number of morpholine rings is 1. The first-order valence-corrected chi connectivity index (χ1v) is 8.68. The molecule has 0 aromatic heterocycles. The molecule has 4 N–H and O–H groups in total. The number of hydrogen-bond acceptors (Lipinski definition) is 5. The second kappa shape index (κ2) is 10.9.